The van der Waals surface area contributed by atoms with Gasteiger partial charge in [0.15, 0.2) is 0 Å². The second-order valence-corrected chi connectivity index (χ2v) is 5.35. The Balaban J connectivity index is 2.23. The number of carboxylic acids is 1. The molecule has 0 aromatic carbocycles. The largest absolute Gasteiger partial charge is 0.481 e. The van der Waals surface area contributed by atoms with E-state index >= 15 is 0 Å². The van der Waals surface area contributed by atoms with Gasteiger partial charge in [-0.05, 0) is 20.8 Å². The predicted molar refractivity (Wildman–Crippen MR) is 64.1 cm³/mol. The number of hydrogen-bond acceptors (Lipinski definition) is 4. The summed E-state index contributed by atoms with van der Waals surface area (Å²) in [5.74, 6) is -0.803. The highest BCUT2D eigenvalue weighted by Crippen LogP contribution is 2.10. The minimum absolute atomic E-state index is 0.0800. The van der Waals surface area contributed by atoms with Crippen LogP contribution in [0, 0.1) is 0 Å². The minimum Gasteiger partial charge on any atom is -0.481 e. The molecule has 0 amide bonds. The van der Waals surface area contributed by atoms with Gasteiger partial charge in [-0.15, -0.1) is 0 Å². The number of nitrogens with zero attached hydrogens (tertiary/aromatic N) is 1. The van der Waals surface area contributed by atoms with E-state index in [9.17, 15) is 4.79 Å². The predicted octanol–water partition coefficient (Wildman–Crippen LogP) is 0.977. The maximum atomic E-state index is 10.6. The molecule has 0 aromatic rings. The van der Waals surface area contributed by atoms with E-state index in [0.29, 0.717) is 19.8 Å². The van der Waals surface area contributed by atoms with E-state index in [0.717, 1.165) is 13.1 Å². The summed E-state index contributed by atoms with van der Waals surface area (Å²) in [5.41, 5.74) is -0.118. The Morgan fingerprint density at radius 3 is 2.82 bits per heavy atom. The van der Waals surface area contributed by atoms with Gasteiger partial charge in [0.2, 0.25) is 0 Å². The van der Waals surface area contributed by atoms with E-state index in [1.54, 1.807) is 0 Å². The Hall–Kier alpha value is -0.650. The van der Waals surface area contributed by atoms with Crippen LogP contribution in [0.4, 0.5) is 0 Å². The summed E-state index contributed by atoms with van der Waals surface area (Å²) in [7, 11) is 0. The summed E-state index contributed by atoms with van der Waals surface area (Å²) in [6, 6.07) is 0. The second kappa shape index (κ2) is 6.33. The Morgan fingerprint density at radius 2 is 2.24 bits per heavy atom. The van der Waals surface area contributed by atoms with Crippen LogP contribution < -0.4 is 0 Å². The van der Waals surface area contributed by atoms with E-state index in [1.165, 1.54) is 0 Å². The summed E-state index contributed by atoms with van der Waals surface area (Å²) in [6.07, 6.45) is -0.104. The van der Waals surface area contributed by atoms with Gasteiger partial charge in [0.25, 0.3) is 0 Å². The molecule has 5 nitrogen and oxygen atoms in total. The van der Waals surface area contributed by atoms with Crippen LogP contribution in [0.1, 0.15) is 27.2 Å². The van der Waals surface area contributed by atoms with Gasteiger partial charge in [-0.25, -0.2) is 0 Å². The van der Waals surface area contributed by atoms with Crippen molar-refractivity contribution in [3.63, 3.8) is 0 Å². The van der Waals surface area contributed by atoms with E-state index in [2.05, 4.69) is 4.90 Å². The van der Waals surface area contributed by atoms with Gasteiger partial charge in [-0.2, -0.15) is 0 Å². The molecule has 0 aromatic heterocycles. The van der Waals surface area contributed by atoms with E-state index in [1.807, 2.05) is 20.8 Å². The normalized spacial score (nSPS) is 22.6. The quantitative estimate of drug-likeness (QED) is 0.782. The zero-order valence-corrected chi connectivity index (χ0v) is 10.9. The average molecular weight is 245 g/mol. The maximum absolute atomic E-state index is 10.6. The first kappa shape index (κ1) is 14.4. The SMILES string of the molecule is CC(C)(C)OCCN1CCOC(CC(=O)O)C1. The van der Waals surface area contributed by atoms with Crippen LogP contribution in [0.3, 0.4) is 0 Å². The average Bonchev–Trinajstić information content (AvgIpc) is 2.15. The zero-order valence-electron chi connectivity index (χ0n) is 10.9. The molecular formula is C12H23NO4. The van der Waals surface area contributed by atoms with Crippen LogP contribution in [0.2, 0.25) is 0 Å². The first-order valence-electron chi connectivity index (χ1n) is 6.06. The van der Waals surface area contributed by atoms with Gasteiger partial charge in [-0.1, -0.05) is 0 Å². The van der Waals surface area contributed by atoms with Crippen molar-refractivity contribution in [3.8, 4) is 0 Å². The standard InChI is InChI=1S/C12H23NO4/c1-12(2,3)17-7-5-13-4-6-16-10(9-13)8-11(14)15/h10H,4-9H2,1-3H3,(H,14,15). The van der Waals surface area contributed by atoms with Gasteiger partial charge < -0.3 is 14.6 Å². The van der Waals surface area contributed by atoms with E-state index in [-0.39, 0.29) is 18.1 Å². The summed E-state index contributed by atoms with van der Waals surface area (Å²) >= 11 is 0. The molecular weight excluding hydrogens is 222 g/mol. The lowest BCUT2D eigenvalue weighted by Crippen LogP contribution is -2.45. The van der Waals surface area contributed by atoms with Gasteiger partial charge in [-0.3, -0.25) is 9.69 Å². The molecule has 1 atom stereocenters. The molecule has 0 bridgehead atoms. The molecule has 1 rings (SSSR count). The minimum atomic E-state index is -0.803. The van der Waals surface area contributed by atoms with Crippen LogP contribution in [0.5, 0.6) is 0 Å². The van der Waals surface area contributed by atoms with Crippen LogP contribution >= 0.6 is 0 Å². The van der Waals surface area contributed by atoms with Gasteiger partial charge in [0, 0.05) is 19.6 Å². The molecule has 1 fully saturated rings. The first-order valence-corrected chi connectivity index (χ1v) is 6.06. The van der Waals surface area contributed by atoms with Gasteiger partial charge >= 0.3 is 5.97 Å². The van der Waals surface area contributed by atoms with E-state index in [4.69, 9.17) is 14.6 Å². The monoisotopic (exact) mass is 245 g/mol. The number of hydrogen-bond donors (Lipinski definition) is 1. The molecule has 0 radical (unpaired) electrons. The molecule has 1 heterocycles. The Morgan fingerprint density at radius 1 is 1.53 bits per heavy atom. The Labute approximate surface area is 103 Å². The lowest BCUT2D eigenvalue weighted by atomic mass is 10.2. The first-order chi connectivity index (χ1) is 7.87. The lowest BCUT2D eigenvalue weighted by molar-refractivity contribution is -0.142. The number of carbonyl (C=O) groups is 1. The summed E-state index contributed by atoms with van der Waals surface area (Å²) in [6.45, 7) is 9.72. The zero-order chi connectivity index (χ0) is 12.9. The number of rotatable bonds is 5. The fourth-order valence-corrected chi connectivity index (χ4v) is 1.78. The highest BCUT2D eigenvalue weighted by molar-refractivity contribution is 5.67. The van der Waals surface area contributed by atoms with E-state index < -0.39 is 5.97 Å². The summed E-state index contributed by atoms with van der Waals surface area (Å²) in [5, 5.41) is 8.71. The highest BCUT2D eigenvalue weighted by atomic mass is 16.5. The molecule has 1 saturated heterocycles. The van der Waals surface area contributed by atoms with Crippen molar-refractivity contribution in [3.05, 3.63) is 0 Å². The van der Waals surface area contributed by atoms with Crippen molar-refractivity contribution >= 4 is 5.97 Å². The van der Waals surface area contributed by atoms with Crippen molar-refractivity contribution in [2.45, 2.75) is 38.9 Å². The molecule has 1 N–H and O–H groups in total. The van der Waals surface area contributed by atoms with Crippen LogP contribution in [-0.4, -0.2) is 60.5 Å². The third-order valence-electron chi connectivity index (χ3n) is 2.57. The maximum Gasteiger partial charge on any atom is 0.306 e. The summed E-state index contributed by atoms with van der Waals surface area (Å²) < 4.78 is 11.1. The Bertz CT molecular complexity index is 249. The van der Waals surface area contributed by atoms with Crippen LogP contribution in [0.15, 0.2) is 0 Å². The van der Waals surface area contributed by atoms with Crippen molar-refractivity contribution in [1.29, 1.82) is 0 Å². The van der Waals surface area contributed by atoms with Crippen LogP contribution in [0.25, 0.3) is 0 Å². The topological polar surface area (TPSA) is 59.0 Å². The fourth-order valence-electron chi connectivity index (χ4n) is 1.78. The highest BCUT2D eigenvalue weighted by Gasteiger charge is 2.22. The molecule has 1 unspecified atom stereocenters. The molecule has 17 heavy (non-hydrogen) atoms. The molecule has 1 aliphatic rings. The van der Waals surface area contributed by atoms with Gasteiger partial charge in [0.05, 0.1) is 31.3 Å². The third-order valence-corrected chi connectivity index (χ3v) is 2.57. The number of morpholine rings is 1. The molecule has 0 saturated carbocycles. The van der Waals surface area contributed by atoms with Crippen molar-refractivity contribution < 1.29 is 19.4 Å². The number of aliphatic carboxylic acids is 1. The fraction of sp³-hybridized carbons (Fsp3) is 0.917. The van der Waals surface area contributed by atoms with Crippen LogP contribution in [-0.2, 0) is 14.3 Å². The van der Waals surface area contributed by atoms with Crippen molar-refractivity contribution in [1.82, 2.24) is 4.90 Å². The number of carboxylic acid groups (broad SMARTS) is 1. The molecule has 0 aliphatic carbocycles. The number of ether oxygens (including phenoxy) is 2. The molecule has 1 aliphatic heterocycles. The third kappa shape index (κ3) is 6.61. The van der Waals surface area contributed by atoms with Crippen molar-refractivity contribution in [2.75, 3.05) is 32.8 Å². The molecule has 0 spiro atoms. The van der Waals surface area contributed by atoms with Gasteiger partial charge in [0.1, 0.15) is 0 Å². The smallest absolute Gasteiger partial charge is 0.306 e. The Kier molecular flexibility index (Phi) is 5.36. The molecule has 100 valence electrons. The second-order valence-electron chi connectivity index (χ2n) is 5.35. The lowest BCUT2D eigenvalue weighted by Gasteiger charge is -2.32. The molecule has 5 heteroatoms. The van der Waals surface area contributed by atoms with Crippen molar-refractivity contribution in [2.24, 2.45) is 0 Å². The summed E-state index contributed by atoms with van der Waals surface area (Å²) in [4.78, 5) is 12.8.